The van der Waals surface area contributed by atoms with Gasteiger partial charge in [-0.2, -0.15) is 0 Å². The fourth-order valence-electron chi connectivity index (χ4n) is 3.14. The van der Waals surface area contributed by atoms with Gasteiger partial charge in [0.05, 0.1) is 17.0 Å². The molecule has 3 amide bonds. The third kappa shape index (κ3) is 9.23. The number of ether oxygens (including phenoxy) is 2. The maximum Gasteiger partial charge on any atom is 0.414 e. The Morgan fingerprint density at radius 2 is 1.54 bits per heavy atom. The molecule has 0 unspecified atom stereocenters. The average Bonchev–Trinajstić information content (AvgIpc) is 2.92. The van der Waals surface area contributed by atoms with Gasteiger partial charge in [-0.1, -0.05) is 30.3 Å². The van der Waals surface area contributed by atoms with Crippen LogP contribution in [0.15, 0.2) is 77.8 Å². The standard InChI is InChI=1S/C26H26N4O8S/c1-18(31)37-16-15-28-26(34)38-23-12-9-21(17-29-23)25(33)30-39(35,36)22-10-7-19(8-11-22)13-14-27-24(32)20-5-3-2-4-6-20/h2-12,17H,13-16H2,1H3,(H,27,32)(H,28,34)(H,30,33). The lowest BCUT2D eigenvalue weighted by Crippen LogP contribution is -2.31. The number of nitrogens with one attached hydrogen (secondary N) is 3. The van der Waals surface area contributed by atoms with E-state index in [-0.39, 0.29) is 35.4 Å². The summed E-state index contributed by atoms with van der Waals surface area (Å²) in [5.74, 6) is -1.74. The smallest absolute Gasteiger partial charge is 0.414 e. The molecule has 0 bridgehead atoms. The number of carbonyl (C=O) groups excluding carboxylic acids is 4. The Kier molecular flexibility index (Phi) is 10.1. The first kappa shape index (κ1) is 28.8. The predicted molar refractivity (Wildman–Crippen MR) is 138 cm³/mol. The van der Waals surface area contributed by atoms with Crippen LogP contribution in [0.3, 0.4) is 0 Å². The molecule has 0 aliphatic carbocycles. The second-order valence-electron chi connectivity index (χ2n) is 7.99. The molecule has 0 saturated carbocycles. The Hall–Kier alpha value is -4.78. The number of pyridine rings is 1. The highest BCUT2D eigenvalue weighted by molar-refractivity contribution is 7.90. The summed E-state index contributed by atoms with van der Waals surface area (Å²) in [5.41, 5.74) is 1.27. The van der Waals surface area contributed by atoms with Crippen molar-refractivity contribution < 1.29 is 37.1 Å². The Morgan fingerprint density at radius 1 is 0.821 bits per heavy atom. The van der Waals surface area contributed by atoms with Gasteiger partial charge in [0.2, 0.25) is 5.88 Å². The number of esters is 1. The summed E-state index contributed by atoms with van der Waals surface area (Å²) in [7, 11) is -4.17. The van der Waals surface area contributed by atoms with Crippen LogP contribution >= 0.6 is 0 Å². The fraction of sp³-hybridized carbons (Fsp3) is 0.192. The van der Waals surface area contributed by atoms with Crippen molar-refractivity contribution in [2.45, 2.75) is 18.2 Å². The summed E-state index contributed by atoms with van der Waals surface area (Å²) in [6.45, 7) is 1.60. The molecule has 3 aromatic rings. The maximum atomic E-state index is 12.6. The lowest BCUT2D eigenvalue weighted by atomic mass is 10.1. The lowest BCUT2D eigenvalue weighted by molar-refractivity contribution is -0.140. The van der Waals surface area contributed by atoms with Crippen molar-refractivity contribution in [2.24, 2.45) is 0 Å². The molecule has 12 nitrogen and oxygen atoms in total. The summed E-state index contributed by atoms with van der Waals surface area (Å²) >= 11 is 0. The molecule has 0 spiro atoms. The number of rotatable bonds is 11. The molecule has 1 aromatic heterocycles. The van der Waals surface area contributed by atoms with Crippen LogP contribution in [0.4, 0.5) is 4.79 Å². The molecule has 1 heterocycles. The number of aromatic nitrogens is 1. The average molecular weight is 555 g/mol. The number of amides is 3. The Bertz CT molecular complexity index is 1410. The Morgan fingerprint density at radius 3 is 2.18 bits per heavy atom. The first-order chi connectivity index (χ1) is 18.6. The first-order valence-corrected chi connectivity index (χ1v) is 13.2. The molecule has 13 heteroatoms. The molecule has 3 rings (SSSR count). The summed E-state index contributed by atoms with van der Waals surface area (Å²) in [6, 6.07) is 17.1. The highest BCUT2D eigenvalue weighted by atomic mass is 32.2. The van der Waals surface area contributed by atoms with E-state index in [0.717, 1.165) is 11.8 Å². The molecule has 3 N–H and O–H groups in total. The van der Waals surface area contributed by atoms with Crippen LogP contribution in [0.2, 0.25) is 0 Å². The molecule has 0 atom stereocenters. The van der Waals surface area contributed by atoms with Crippen molar-refractivity contribution in [3.05, 3.63) is 89.6 Å². The number of sulfonamides is 1. The van der Waals surface area contributed by atoms with Gasteiger partial charge in [0, 0.05) is 31.3 Å². The van der Waals surface area contributed by atoms with Crippen molar-refractivity contribution in [1.29, 1.82) is 0 Å². The molecule has 204 valence electrons. The van der Waals surface area contributed by atoms with E-state index in [1.165, 1.54) is 31.2 Å². The van der Waals surface area contributed by atoms with Crippen LogP contribution in [0, 0.1) is 0 Å². The zero-order chi connectivity index (χ0) is 28.3. The Balaban J connectivity index is 1.48. The van der Waals surface area contributed by atoms with E-state index in [1.54, 1.807) is 36.4 Å². The minimum Gasteiger partial charge on any atom is -0.464 e. The fourth-order valence-corrected chi connectivity index (χ4v) is 4.12. The summed E-state index contributed by atoms with van der Waals surface area (Å²) < 4.78 is 36.9. The van der Waals surface area contributed by atoms with Crippen molar-refractivity contribution in [2.75, 3.05) is 19.7 Å². The Labute approximate surface area is 224 Å². The molecule has 39 heavy (non-hydrogen) atoms. The van der Waals surface area contributed by atoms with Crippen molar-refractivity contribution >= 4 is 33.9 Å². The highest BCUT2D eigenvalue weighted by Crippen LogP contribution is 2.13. The van der Waals surface area contributed by atoms with Gasteiger partial charge in [-0.3, -0.25) is 14.4 Å². The van der Waals surface area contributed by atoms with E-state index >= 15 is 0 Å². The molecule has 0 radical (unpaired) electrons. The molecule has 0 aliphatic rings. The molecule has 0 fully saturated rings. The van der Waals surface area contributed by atoms with Crippen LogP contribution in [-0.2, 0) is 26.0 Å². The predicted octanol–water partition coefficient (Wildman–Crippen LogP) is 1.82. The molecular weight excluding hydrogens is 528 g/mol. The third-order valence-electron chi connectivity index (χ3n) is 5.07. The van der Waals surface area contributed by atoms with Gasteiger partial charge in [0.1, 0.15) is 6.61 Å². The highest BCUT2D eigenvalue weighted by Gasteiger charge is 2.19. The van der Waals surface area contributed by atoms with E-state index in [4.69, 9.17) is 4.74 Å². The molecule has 0 aliphatic heterocycles. The summed E-state index contributed by atoms with van der Waals surface area (Å²) in [5, 5.41) is 5.14. The largest absolute Gasteiger partial charge is 0.464 e. The second kappa shape index (κ2) is 13.7. The van der Waals surface area contributed by atoms with E-state index in [9.17, 15) is 27.6 Å². The molecule has 2 aromatic carbocycles. The van der Waals surface area contributed by atoms with Gasteiger partial charge in [-0.05, 0) is 42.3 Å². The zero-order valence-electron chi connectivity index (χ0n) is 20.9. The van der Waals surface area contributed by atoms with Crippen LogP contribution in [0.1, 0.15) is 33.2 Å². The maximum absolute atomic E-state index is 12.6. The van der Waals surface area contributed by atoms with Crippen LogP contribution in [0.25, 0.3) is 0 Å². The lowest BCUT2D eigenvalue weighted by Gasteiger charge is -2.09. The van der Waals surface area contributed by atoms with E-state index in [0.29, 0.717) is 18.5 Å². The van der Waals surface area contributed by atoms with Gasteiger partial charge in [0.25, 0.3) is 21.8 Å². The van der Waals surface area contributed by atoms with Crippen LogP contribution in [-0.4, -0.2) is 57.0 Å². The normalized spacial score (nSPS) is 10.7. The number of carbonyl (C=O) groups is 4. The quantitative estimate of drug-likeness (QED) is 0.236. The monoisotopic (exact) mass is 554 g/mol. The van der Waals surface area contributed by atoms with Crippen molar-refractivity contribution in [3.8, 4) is 5.88 Å². The number of hydrogen-bond acceptors (Lipinski definition) is 9. The van der Waals surface area contributed by atoms with E-state index < -0.39 is 28.0 Å². The van der Waals surface area contributed by atoms with Gasteiger partial charge < -0.3 is 20.1 Å². The number of nitrogens with zero attached hydrogens (tertiary/aromatic N) is 1. The summed E-state index contributed by atoms with van der Waals surface area (Å²) in [6.07, 6.45) is 0.686. The van der Waals surface area contributed by atoms with Gasteiger partial charge in [0.15, 0.2) is 0 Å². The van der Waals surface area contributed by atoms with Gasteiger partial charge in [-0.25, -0.2) is 22.9 Å². The topological polar surface area (TPSA) is 170 Å². The van der Waals surface area contributed by atoms with E-state index in [2.05, 4.69) is 20.4 Å². The number of benzene rings is 2. The summed E-state index contributed by atoms with van der Waals surface area (Å²) in [4.78, 5) is 50.6. The van der Waals surface area contributed by atoms with Crippen molar-refractivity contribution in [3.63, 3.8) is 0 Å². The SMILES string of the molecule is CC(=O)OCCNC(=O)Oc1ccc(C(=O)NS(=O)(=O)c2ccc(CCNC(=O)c3ccccc3)cc2)cn1. The number of hydrogen-bond donors (Lipinski definition) is 3. The van der Waals surface area contributed by atoms with Crippen molar-refractivity contribution in [1.82, 2.24) is 20.3 Å². The van der Waals surface area contributed by atoms with Gasteiger partial charge >= 0.3 is 12.1 Å². The minimum absolute atomic E-state index is 0.0266. The van der Waals surface area contributed by atoms with Crippen LogP contribution in [0.5, 0.6) is 5.88 Å². The zero-order valence-corrected chi connectivity index (χ0v) is 21.7. The molecule has 0 saturated heterocycles. The van der Waals surface area contributed by atoms with Gasteiger partial charge in [-0.15, -0.1) is 0 Å². The van der Waals surface area contributed by atoms with Crippen LogP contribution < -0.4 is 20.1 Å². The second-order valence-corrected chi connectivity index (χ2v) is 9.67. The third-order valence-corrected chi connectivity index (χ3v) is 6.42. The minimum atomic E-state index is -4.17. The molecular formula is C26H26N4O8S. The van der Waals surface area contributed by atoms with E-state index in [1.807, 2.05) is 10.8 Å². The first-order valence-electron chi connectivity index (χ1n) is 11.7.